The highest BCUT2D eigenvalue weighted by atomic mass is 15.0. The van der Waals surface area contributed by atoms with Gasteiger partial charge in [0.05, 0.1) is 5.69 Å². The fraction of sp³-hybridized carbons (Fsp3) is 0.300. The van der Waals surface area contributed by atoms with Crippen LogP contribution in [0, 0.1) is 13.8 Å². The van der Waals surface area contributed by atoms with Crippen LogP contribution < -0.4 is 0 Å². The second kappa shape index (κ2) is 5.98. The van der Waals surface area contributed by atoms with Crippen LogP contribution in [-0.2, 0) is 6.42 Å². The maximum Gasteiger partial charge on any atom is 0.0503 e. The number of nitrogens with one attached hydrogen (secondary N) is 1. The molecule has 0 aliphatic heterocycles. The molecule has 0 spiro atoms. The third-order valence-electron chi connectivity index (χ3n) is 4.35. The van der Waals surface area contributed by atoms with E-state index in [4.69, 9.17) is 0 Å². The van der Waals surface area contributed by atoms with Gasteiger partial charge in [0.2, 0.25) is 0 Å². The van der Waals surface area contributed by atoms with Gasteiger partial charge in [-0.05, 0) is 57.1 Å². The van der Waals surface area contributed by atoms with Gasteiger partial charge in [-0.15, -0.1) is 0 Å². The SMILES string of the molecule is Cc1cccc(C)c1-c1[nH]c2ccccc2c1CCN(C)C. The van der Waals surface area contributed by atoms with Gasteiger partial charge in [0.15, 0.2) is 0 Å². The van der Waals surface area contributed by atoms with E-state index >= 15 is 0 Å². The number of nitrogens with zero attached hydrogens (tertiary/aromatic N) is 1. The first-order valence-electron chi connectivity index (χ1n) is 7.89. The van der Waals surface area contributed by atoms with Crippen molar-refractivity contribution in [3.8, 4) is 11.3 Å². The highest BCUT2D eigenvalue weighted by Gasteiger charge is 2.16. The summed E-state index contributed by atoms with van der Waals surface area (Å²) in [5, 5.41) is 1.35. The third-order valence-corrected chi connectivity index (χ3v) is 4.35. The highest BCUT2D eigenvalue weighted by molar-refractivity contribution is 5.91. The molecule has 0 unspecified atom stereocenters. The number of aromatic amines is 1. The standard InChI is InChI=1S/C20H24N2/c1-14-8-7-9-15(2)19(14)20-17(12-13-22(3)4)16-10-5-6-11-18(16)21-20/h5-11,21H,12-13H2,1-4H3. The molecule has 2 aromatic carbocycles. The smallest absolute Gasteiger partial charge is 0.0503 e. The summed E-state index contributed by atoms with van der Waals surface area (Å²) in [7, 11) is 4.26. The van der Waals surface area contributed by atoms with Crippen LogP contribution in [0.3, 0.4) is 0 Å². The molecule has 114 valence electrons. The van der Waals surface area contributed by atoms with Crippen LogP contribution in [0.1, 0.15) is 16.7 Å². The fourth-order valence-electron chi connectivity index (χ4n) is 3.22. The number of para-hydroxylation sites is 1. The van der Waals surface area contributed by atoms with Gasteiger partial charge in [-0.25, -0.2) is 0 Å². The Morgan fingerprint density at radius 2 is 1.59 bits per heavy atom. The van der Waals surface area contributed by atoms with Gasteiger partial charge < -0.3 is 9.88 Å². The quantitative estimate of drug-likeness (QED) is 0.747. The molecular formula is C20H24N2. The third kappa shape index (κ3) is 2.67. The first-order valence-corrected chi connectivity index (χ1v) is 7.89. The van der Waals surface area contributed by atoms with E-state index in [1.165, 1.54) is 38.9 Å². The van der Waals surface area contributed by atoms with E-state index in [1.54, 1.807) is 0 Å². The number of hydrogen-bond donors (Lipinski definition) is 1. The summed E-state index contributed by atoms with van der Waals surface area (Å²) < 4.78 is 0. The lowest BCUT2D eigenvalue weighted by Crippen LogP contribution is -2.15. The van der Waals surface area contributed by atoms with E-state index in [0.29, 0.717) is 0 Å². The summed E-state index contributed by atoms with van der Waals surface area (Å²) in [6.45, 7) is 5.45. The van der Waals surface area contributed by atoms with Crippen LogP contribution in [0.5, 0.6) is 0 Å². The number of likely N-dealkylation sites (N-methyl/N-ethyl adjacent to an activating group) is 1. The van der Waals surface area contributed by atoms with Gasteiger partial charge in [-0.2, -0.15) is 0 Å². The normalized spacial score (nSPS) is 11.5. The summed E-state index contributed by atoms with van der Waals surface area (Å²) in [5.74, 6) is 0. The molecule has 22 heavy (non-hydrogen) atoms. The molecule has 0 atom stereocenters. The molecule has 0 amide bonds. The average Bonchev–Trinajstić information content (AvgIpc) is 2.83. The number of fused-ring (bicyclic) bond motifs is 1. The van der Waals surface area contributed by atoms with Crippen molar-refractivity contribution in [3.63, 3.8) is 0 Å². The number of H-pyrrole nitrogens is 1. The average molecular weight is 292 g/mol. The molecule has 0 aliphatic carbocycles. The van der Waals surface area contributed by atoms with E-state index < -0.39 is 0 Å². The molecule has 0 bridgehead atoms. The zero-order chi connectivity index (χ0) is 15.7. The van der Waals surface area contributed by atoms with E-state index in [0.717, 1.165) is 13.0 Å². The minimum atomic E-state index is 1.06. The van der Waals surface area contributed by atoms with Crippen LogP contribution in [0.2, 0.25) is 0 Å². The van der Waals surface area contributed by atoms with Crippen molar-refractivity contribution in [2.75, 3.05) is 20.6 Å². The van der Waals surface area contributed by atoms with E-state index in [1.807, 2.05) is 0 Å². The van der Waals surface area contributed by atoms with Crippen LogP contribution in [0.15, 0.2) is 42.5 Å². The summed E-state index contributed by atoms with van der Waals surface area (Å²) in [6, 6.07) is 15.2. The Hall–Kier alpha value is -2.06. The van der Waals surface area contributed by atoms with Crippen LogP contribution in [-0.4, -0.2) is 30.5 Å². The number of aromatic nitrogens is 1. The lowest BCUT2D eigenvalue weighted by Gasteiger charge is -2.13. The second-order valence-corrected chi connectivity index (χ2v) is 6.34. The Morgan fingerprint density at radius 3 is 2.27 bits per heavy atom. The predicted molar refractivity (Wildman–Crippen MR) is 95.5 cm³/mol. The summed E-state index contributed by atoms with van der Waals surface area (Å²) >= 11 is 0. The van der Waals surface area contributed by atoms with Crippen molar-refractivity contribution in [1.82, 2.24) is 9.88 Å². The molecule has 0 fully saturated rings. The van der Waals surface area contributed by atoms with E-state index in [2.05, 4.69) is 80.3 Å². The Balaban J connectivity index is 2.22. The van der Waals surface area contributed by atoms with Gasteiger partial charge in [0, 0.05) is 23.0 Å². The molecule has 0 saturated carbocycles. The minimum absolute atomic E-state index is 1.06. The Morgan fingerprint density at radius 1 is 0.909 bits per heavy atom. The van der Waals surface area contributed by atoms with Crippen LogP contribution in [0.25, 0.3) is 22.2 Å². The molecule has 3 rings (SSSR count). The van der Waals surface area contributed by atoms with Crippen molar-refractivity contribution in [2.24, 2.45) is 0 Å². The van der Waals surface area contributed by atoms with Gasteiger partial charge >= 0.3 is 0 Å². The molecule has 3 aromatic rings. The maximum absolute atomic E-state index is 3.67. The number of hydrogen-bond acceptors (Lipinski definition) is 1. The number of rotatable bonds is 4. The van der Waals surface area contributed by atoms with Gasteiger partial charge in [0.25, 0.3) is 0 Å². The molecule has 0 aliphatic rings. The van der Waals surface area contributed by atoms with Gasteiger partial charge in [-0.3, -0.25) is 0 Å². The topological polar surface area (TPSA) is 19.0 Å². The summed E-state index contributed by atoms with van der Waals surface area (Å²) in [6.07, 6.45) is 1.06. The summed E-state index contributed by atoms with van der Waals surface area (Å²) in [5.41, 5.74) is 7.97. The first-order chi connectivity index (χ1) is 10.6. The zero-order valence-corrected chi connectivity index (χ0v) is 13.9. The predicted octanol–water partition coefficient (Wildman–Crippen LogP) is 4.56. The maximum atomic E-state index is 3.67. The van der Waals surface area contributed by atoms with Crippen LogP contribution in [0.4, 0.5) is 0 Å². The lowest BCUT2D eigenvalue weighted by molar-refractivity contribution is 0.414. The Labute approximate surface area is 132 Å². The summed E-state index contributed by atoms with van der Waals surface area (Å²) in [4.78, 5) is 5.91. The zero-order valence-electron chi connectivity index (χ0n) is 13.9. The second-order valence-electron chi connectivity index (χ2n) is 6.34. The first kappa shape index (κ1) is 14.9. The Kier molecular flexibility index (Phi) is 4.04. The largest absolute Gasteiger partial charge is 0.354 e. The van der Waals surface area contributed by atoms with Crippen molar-refractivity contribution >= 4 is 10.9 Å². The van der Waals surface area contributed by atoms with Crippen LogP contribution >= 0.6 is 0 Å². The molecule has 1 heterocycles. The van der Waals surface area contributed by atoms with Crippen molar-refractivity contribution in [2.45, 2.75) is 20.3 Å². The molecule has 0 radical (unpaired) electrons. The molecular weight excluding hydrogens is 268 g/mol. The number of aryl methyl sites for hydroxylation is 2. The fourth-order valence-corrected chi connectivity index (χ4v) is 3.22. The number of benzene rings is 2. The molecule has 1 aromatic heterocycles. The molecule has 2 nitrogen and oxygen atoms in total. The minimum Gasteiger partial charge on any atom is -0.354 e. The van der Waals surface area contributed by atoms with Crippen molar-refractivity contribution < 1.29 is 0 Å². The van der Waals surface area contributed by atoms with Crippen molar-refractivity contribution in [1.29, 1.82) is 0 Å². The van der Waals surface area contributed by atoms with Gasteiger partial charge in [-0.1, -0.05) is 36.4 Å². The lowest BCUT2D eigenvalue weighted by atomic mass is 9.95. The monoisotopic (exact) mass is 292 g/mol. The van der Waals surface area contributed by atoms with E-state index in [-0.39, 0.29) is 0 Å². The van der Waals surface area contributed by atoms with Gasteiger partial charge in [0.1, 0.15) is 0 Å². The Bertz CT molecular complexity index is 776. The molecule has 0 saturated heterocycles. The van der Waals surface area contributed by atoms with Crippen molar-refractivity contribution in [3.05, 3.63) is 59.2 Å². The van der Waals surface area contributed by atoms with E-state index in [9.17, 15) is 0 Å². The highest BCUT2D eigenvalue weighted by Crippen LogP contribution is 2.34. The molecule has 1 N–H and O–H groups in total. The molecule has 2 heteroatoms.